The van der Waals surface area contributed by atoms with Crippen LogP contribution in [-0.2, 0) is 0 Å². The van der Waals surface area contributed by atoms with Crippen LogP contribution in [0, 0.1) is 0 Å². The van der Waals surface area contributed by atoms with Crippen LogP contribution in [0.15, 0.2) is 9.59 Å². The Morgan fingerprint density at radius 2 is 1.57 bits per heavy atom. The molecule has 21 heavy (non-hydrogen) atoms. The van der Waals surface area contributed by atoms with Crippen molar-refractivity contribution in [3.05, 3.63) is 20.4 Å². The van der Waals surface area contributed by atoms with Crippen molar-refractivity contribution in [2.45, 2.75) is 12.8 Å². The molecule has 0 spiro atoms. The molecular formula is C13H22N4O4. The quantitative estimate of drug-likeness (QED) is 0.347. The van der Waals surface area contributed by atoms with Gasteiger partial charge in [-0.1, -0.05) is 0 Å². The summed E-state index contributed by atoms with van der Waals surface area (Å²) in [5.41, 5.74) is -0.516. The van der Waals surface area contributed by atoms with Gasteiger partial charge in [0.25, 0.3) is 10.9 Å². The van der Waals surface area contributed by atoms with E-state index in [4.69, 9.17) is 5.11 Å². The molecule has 0 aliphatic rings. The summed E-state index contributed by atoms with van der Waals surface area (Å²) in [5, 5.41) is 16.3. The van der Waals surface area contributed by atoms with Gasteiger partial charge in [0, 0.05) is 19.6 Å². The first-order valence-corrected chi connectivity index (χ1v) is 6.86. The van der Waals surface area contributed by atoms with Crippen LogP contribution >= 0.6 is 0 Å². The lowest BCUT2D eigenvalue weighted by atomic mass is 10.2. The Balaban J connectivity index is 2.34. The summed E-state index contributed by atoms with van der Waals surface area (Å²) in [6.45, 7) is 2.02. The Hall–Kier alpha value is -2.09. The molecule has 0 aliphatic heterocycles. The van der Waals surface area contributed by atoms with Gasteiger partial charge in [0.1, 0.15) is 11.4 Å². The molecule has 0 bridgehead atoms. The second-order valence-corrected chi connectivity index (χ2v) is 5.00. The van der Waals surface area contributed by atoms with Gasteiger partial charge in [-0.25, -0.2) is 4.79 Å². The summed E-state index contributed by atoms with van der Waals surface area (Å²) in [6, 6.07) is 0. The van der Waals surface area contributed by atoms with Crippen LogP contribution in [-0.4, -0.2) is 56.4 Å². The Labute approximate surface area is 122 Å². The molecule has 8 heteroatoms. The average Bonchev–Trinajstić information content (AvgIpc) is 2.42. The predicted octanol–water partition coefficient (Wildman–Crippen LogP) is -0.284. The molecule has 0 unspecified atom stereocenters. The van der Waals surface area contributed by atoms with E-state index in [9.17, 15) is 14.4 Å². The molecular weight excluding hydrogens is 276 g/mol. The van der Waals surface area contributed by atoms with Crippen molar-refractivity contribution < 1.29 is 9.90 Å². The van der Waals surface area contributed by atoms with E-state index in [1.807, 2.05) is 14.1 Å². The number of rotatable bonds is 10. The lowest BCUT2D eigenvalue weighted by Gasteiger charge is -2.15. The number of amides is 1. The number of unbranched alkanes of at least 4 members (excludes halogenated alkanes) is 1. The first-order chi connectivity index (χ1) is 9.93. The minimum Gasteiger partial charge on any atom is -0.465 e. The first-order valence-electron chi connectivity index (χ1n) is 6.86. The number of carbonyl (C=O) groups is 1. The summed E-state index contributed by atoms with van der Waals surface area (Å²) >= 11 is 0. The van der Waals surface area contributed by atoms with Gasteiger partial charge in [-0.05, 0) is 33.5 Å². The maximum absolute atomic E-state index is 11.5. The van der Waals surface area contributed by atoms with E-state index in [0.29, 0.717) is 12.2 Å². The van der Waals surface area contributed by atoms with Crippen LogP contribution in [0.4, 0.5) is 16.2 Å². The standard InChI is InChI=1S/C13H22N4O4/c1-17(2)8-4-3-5-14-9-10(12(19)11(9)18)15-6-7-16-13(20)21/h14-16H,3-8H2,1-2H3,(H,20,21). The van der Waals surface area contributed by atoms with E-state index in [1.54, 1.807) is 0 Å². The van der Waals surface area contributed by atoms with E-state index in [2.05, 4.69) is 20.9 Å². The third-order valence-electron chi connectivity index (χ3n) is 2.95. The molecule has 0 heterocycles. The molecule has 118 valence electrons. The zero-order valence-corrected chi connectivity index (χ0v) is 12.4. The van der Waals surface area contributed by atoms with Crippen molar-refractivity contribution in [2.75, 3.05) is 50.9 Å². The van der Waals surface area contributed by atoms with E-state index in [0.717, 1.165) is 19.4 Å². The number of anilines is 2. The summed E-state index contributed by atoms with van der Waals surface area (Å²) in [5.74, 6) is 0. The predicted molar refractivity (Wildman–Crippen MR) is 82.1 cm³/mol. The van der Waals surface area contributed by atoms with E-state index in [1.165, 1.54) is 0 Å². The average molecular weight is 298 g/mol. The van der Waals surface area contributed by atoms with Gasteiger partial charge < -0.3 is 26.0 Å². The molecule has 0 aromatic heterocycles. The van der Waals surface area contributed by atoms with Crippen molar-refractivity contribution >= 4 is 17.5 Å². The van der Waals surface area contributed by atoms with Gasteiger partial charge in [0.15, 0.2) is 0 Å². The first kappa shape index (κ1) is 17.0. The highest BCUT2D eigenvalue weighted by molar-refractivity contribution is 5.74. The number of carboxylic acid groups (broad SMARTS) is 1. The highest BCUT2D eigenvalue weighted by Gasteiger charge is 2.19. The van der Waals surface area contributed by atoms with Crippen LogP contribution in [0.5, 0.6) is 0 Å². The lowest BCUT2D eigenvalue weighted by molar-refractivity contribution is 0.195. The molecule has 1 amide bonds. The number of hydrogen-bond donors (Lipinski definition) is 4. The fraction of sp³-hybridized carbons (Fsp3) is 0.615. The smallest absolute Gasteiger partial charge is 0.404 e. The fourth-order valence-corrected chi connectivity index (χ4v) is 1.85. The summed E-state index contributed by atoms with van der Waals surface area (Å²) < 4.78 is 0. The Morgan fingerprint density at radius 3 is 2.10 bits per heavy atom. The van der Waals surface area contributed by atoms with Gasteiger partial charge in [0.05, 0.1) is 0 Å². The van der Waals surface area contributed by atoms with Crippen LogP contribution in [0.2, 0.25) is 0 Å². The van der Waals surface area contributed by atoms with Crippen LogP contribution in [0.3, 0.4) is 0 Å². The van der Waals surface area contributed by atoms with E-state index in [-0.39, 0.29) is 18.8 Å². The molecule has 0 aliphatic carbocycles. The molecule has 0 fully saturated rings. The molecule has 0 saturated carbocycles. The minimum absolute atomic E-state index is 0.163. The second kappa shape index (κ2) is 8.25. The fourth-order valence-electron chi connectivity index (χ4n) is 1.85. The topological polar surface area (TPSA) is 111 Å². The number of nitrogens with zero attached hydrogens (tertiary/aromatic N) is 1. The van der Waals surface area contributed by atoms with Crippen molar-refractivity contribution in [3.63, 3.8) is 0 Å². The number of hydrogen-bond acceptors (Lipinski definition) is 6. The molecule has 1 aromatic carbocycles. The Morgan fingerprint density at radius 1 is 1.00 bits per heavy atom. The zero-order chi connectivity index (χ0) is 15.8. The van der Waals surface area contributed by atoms with Crippen LogP contribution in [0.25, 0.3) is 0 Å². The van der Waals surface area contributed by atoms with Gasteiger partial charge in [-0.15, -0.1) is 0 Å². The van der Waals surface area contributed by atoms with Gasteiger partial charge in [-0.3, -0.25) is 9.59 Å². The Bertz CT molecular complexity index is 534. The third kappa shape index (κ3) is 5.42. The van der Waals surface area contributed by atoms with Crippen LogP contribution in [0.1, 0.15) is 12.8 Å². The largest absolute Gasteiger partial charge is 0.465 e. The monoisotopic (exact) mass is 298 g/mol. The highest BCUT2D eigenvalue weighted by Crippen LogP contribution is 2.13. The third-order valence-corrected chi connectivity index (χ3v) is 2.95. The van der Waals surface area contributed by atoms with E-state index >= 15 is 0 Å². The summed E-state index contributed by atoms with van der Waals surface area (Å²) in [7, 11) is 3.99. The van der Waals surface area contributed by atoms with Crippen molar-refractivity contribution in [1.82, 2.24) is 10.2 Å². The SMILES string of the molecule is CN(C)CCCCNc1c(NCCNC(=O)O)c(=O)c1=O. The maximum atomic E-state index is 11.5. The molecule has 1 aromatic rings. The second-order valence-electron chi connectivity index (χ2n) is 5.00. The summed E-state index contributed by atoms with van der Waals surface area (Å²) in [6.07, 6.45) is 0.776. The van der Waals surface area contributed by atoms with Gasteiger partial charge in [-0.2, -0.15) is 0 Å². The van der Waals surface area contributed by atoms with Crippen molar-refractivity contribution in [2.24, 2.45) is 0 Å². The molecule has 0 saturated heterocycles. The van der Waals surface area contributed by atoms with Gasteiger partial charge >= 0.3 is 6.09 Å². The highest BCUT2D eigenvalue weighted by atomic mass is 16.4. The molecule has 4 N–H and O–H groups in total. The molecule has 1 rings (SSSR count). The van der Waals surface area contributed by atoms with Crippen LogP contribution < -0.4 is 26.8 Å². The van der Waals surface area contributed by atoms with Gasteiger partial charge in [0.2, 0.25) is 0 Å². The maximum Gasteiger partial charge on any atom is 0.404 e. The van der Waals surface area contributed by atoms with Crippen molar-refractivity contribution in [1.29, 1.82) is 0 Å². The molecule has 8 nitrogen and oxygen atoms in total. The molecule has 0 radical (unpaired) electrons. The number of nitrogens with one attached hydrogen (secondary N) is 3. The Kier molecular flexibility index (Phi) is 6.67. The summed E-state index contributed by atoms with van der Waals surface area (Å²) in [4.78, 5) is 35.2. The lowest BCUT2D eigenvalue weighted by Crippen LogP contribution is -2.39. The normalized spacial score (nSPS) is 10.8. The van der Waals surface area contributed by atoms with Crippen molar-refractivity contribution in [3.8, 4) is 0 Å². The zero-order valence-electron chi connectivity index (χ0n) is 12.4. The van der Waals surface area contributed by atoms with E-state index < -0.39 is 17.0 Å². The molecule has 0 atom stereocenters. The minimum atomic E-state index is -1.12.